The Labute approximate surface area is 69.4 Å². The molecule has 3 heteroatoms. The molecule has 0 N–H and O–H groups in total. The number of nitrogens with zero attached hydrogens (tertiary/aromatic N) is 1. The summed E-state index contributed by atoms with van der Waals surface area (Å²) in [4.78, 5) is 14.7. The summed E-state index contributed by atoms with van der Waals surface area (Å²) >= 11 is 4.86. The third-order valence-electron chi connectivity index (χ3n) is 1.59. The van der Waals surface area contributed by atoms with Crippen LogP contribution in [0.4, 0.5) is 0 Å². The van der Waals surface area contributed by atoms with E-state index in [9.17, 15) is 4.79 Å². The minimum Gasteiger partial charge on any atom is -0.759 e. The van der Waals surface area contributed by atoms with E-state index in [1.54, 1.807) is 12.1 Å². The molecule has 1 amide bonds. The summed E-state index contributed by atoms with van der Waals surface area (Å²) in [5, 5.41) is 0.408. The van der Waals surface area contributed by atoms with E-state index in [1.165, 1.54) is 0 Å². The molecule has 2 nitrogen and oxygen atoms in total. The first-order valence-electron chi connectivity index (χ1n) is 3.18. The Morgan fingerprint density at radius 2 is 1.82 bits per heavy atom. The van der Waals surface area contributed by atoms with Crippen molar-refractivity contribution in [2.75, 3.05) is 0 Å². The van der Waals surface area contributed by atoms with E-state index in [4.69, 9.17) is 12.6 Å². The maximum atomic E-state index is 11.0. The largest absolute Gasteiger partial charge is 0.759 e. The number of fused-ring (bicyclic) bond motifs is 1. The van der Waals surface area contributed by atoms with Gasteiger partial charge in [-0.1, -0.05) is 23.2 Å². The average Bonchev–Trinajstić information content (AvgIpc) is 2.30. The van der Waals surface area contributed by atoms with Crippen molar-refractivity contribution in [1.82, 2.24) is 0 Å². The van der Waals surface area contributed by atoms with Crippen molar-refractivity contribution in [3.63, 3.8) is 0 Å². The van der Waals surface area contributed by atoms with Gasteiger partial charge < -0.3 is 12.6 Å². The van der Waals surface area contributed by atoms with Gasteiger partial charge in [0.25, 0.3) is 5.91 Å². The van der Waals surface area contributed by atoms with Gasteiger partial charge in [0.1, 0.15) is 0 Å². The Morgan fingerprint density at radius 1 is 1.18 bits per heavy atom. The zero-order valence-corrected chi connectivity index (χ0v) is 6.39. The molecule has 0 aliphatic carbocycles. The third-order valence-corrected chi connectivity index (χ3v) is 1.90. The van der Waals surface area contributed by atoms with Crippen molar-refractivity contribution < 1.29 is 4.79 Å². The summed E-state index contributed by atoms with van der Waals surface area (Å²) in [6.07, 6.45) is 0. The van der Waals surface area contributed by atoms with Gasteiger partial charge >= 0.3 is 0 Å². The molecule has 0 unspecified atom stereocenters. The van der Waals surface area contributed by atoms with Crippen molar-refractivity contribution in [3.05, 3.63) is 35.4 Å². The van der Waals surface area contributed by atoms with Crippen LogP contribution in [0.2, 0.25) is 0 Å². The first-order chi connectivity index (χ1) is 5.29. The Hall–Kier alpha value is -1.22. The standard InChI is InChI=1S/C8H5NOS/c10-7-5-3-1-2-4-6(5)8(11)9-7/h1-4H,(H,9,10,11)/p-1. The normalized spacial score (nSPS) is 14.5. The van der Waals surface area contributed by atoms with Gasteiger partial charge in [-0.2, -0.15) is 0 Å². The van der Waals surface area contributed by atoms with Gasteiger partial charge in [-0.15, -0.1) is 0 Å². The van der Waals surface area contributed by atoms with E-state index in [1.807, 2.05) is 12.1 Å². The van der Waals surface area contributed by atoms with E-state index < -0.39 is 0 Å². The van der Waals surface area contributed by atoms with Gasteiger partial charge in [-0.05, 0) is 11.6 Å². The van der Waals surface area contributed by atoms with Gasteiger partial charge in [0, 0.05) is 5.56 Å². The molecule has 0 fully saturated rings. The molecular weight excluding hydrogens is 158 g/mol. The number of benzene rings is 1. The van der Waals surface area contributed by atoms with Crippen LogP contribution in [0.25, 0.3) is 0 Å². The maximum absolute atomic E-state index is 11.0. The topological polar surface area (TPSA) is 29.4 Å². The van der Waals surface area contributed by atoms with Crippen LogP contribution in [0.15, 0.2) is 29.3 Å². The Kier molecular flexibility index (Phi) is 1.26. The third kappa shape index (κ3) is 0.851. The number of rotatable bonds is 0. The summed E-state index contributed by atoms with van der Waals surface area (Å²) < 4.78 is 0. The number of hydrogen-bond acceptors (Lipinski definition) is 2. The number of hydrogen-bond donors (Lipinski definition) is 0. The van der Waals surface area contributed by atoms with Crippen molar-refractivity contribution in [3.8, 4) is 0 Å². The first-order valence-corrected chi connectivity index (χ1v) is 3.59. The highest BCUT2D eigenvalue weighted by molar-refractivity contribution is 7.78. The highest BCUT2D eigenvalue weighted by Crippen LogP contribution is 2.17. The van der Waals surface area contributed by atoms with Crippen molar-refractivity contribution in [2.24, 2.45) is 4.99 Å². The van der Waals surface area contributed by atoms with Crippen LogP contribution in [0.3, 0.4) is 0 Å². The molecule has 0 aromatic heterocycles. The molecule has 0 spiro atoms. The molecule has 0 saturated heterocycles. The van der Waals surface area contributed by atoms with Crippen LogP contribution >= 0.6 is 0 Å². The minimum atomic E-state index is -0.217. The fraction of sp³-hybridized carbons (Fsp3) is 0. The molecule has 1 aromatic carbocycles. The molecule has 1 heterocycles. The second-order valence-electron chi connectivity index (χ2n) is 2.27. The van der Waals surface area contributed by atoms with Gasteiger partial charge in [-0.3, -0.25) is 4.79 Å². The van der Waals surface area contributed by atoms with Crippen LogP contribution in [0.5, 0.6) is 0 Å². The van der Waals surface area contributed by atoms with Gasteiger partial charge in [0.05, 0.1) is 0 Å². The van der Waals surface area contributed by atoms with Crippen LogP contribution in [0, 0.1) is 0 Å². The second kappa shape index (κ2) is 2.13. The molecule has 11 heavy (non-hydrogen) atoms. The van der Waals surface area contributed by atoms with E-state index in [0.717, 1.165) is 5.56 Å². The lowest BCUT2D eigenvalue weighted by molar-refractivity contribution is 0.101. The van der Waals surface area contributed by atoms with Crippen LogP contribution in [0.1, 0.15) is 15.9 Å². The van der Waals surface area contributed by atoms with Crippen molar-refractivity contribution in [1.29, 1.82) is 0 Å². The van der Waals surface area contributed by atoms with E-state index in [-0.39, 0.29) is 5.91 Å². The van der Waals surface area contributed by atoms with Crippen LogP contribution in [-0.4, -0.2) is 11.0 Å². The lowest BCUT2D eigenvalue weighted by Gasteiger charge is -2.03. The molecule has 1 aromatic rings. The lowest BCUT2D eigenvalue weighted by atomic mass is 10.1. The molecule has 0 atom stereocenters. The fourth-order valence-corrected chi connectivity index (χ4v) is 1.33. The summed E-state index contributed by atoms with van der Waals surface area (Å²) in [5.74, 6) is -0.217. The molecule has 1 aliphatic heterocycles. The summed E-state index contributed by atoms with van der Waals surface area (Å²) in [6, 6.07) is 7.20. The zero-order valence-electron chi connectivity index (χ0n) is 5.57. The van der Waals surface area contributed by atoms with Gasteiger partial charge in [0.15, 0.2) is 0 Å². The SMILES string of the molecule is O=C1N=C([S-])c2ccccc21. The molecule has 0 saturated carbocycles. The minimum absolute atomic E-state index is 0.217. The number of aliphatic imine (C=N–C) groups is 1. The molecule has 54 valence electrons. The Balaban J connectivity index is 2.71. The van der Waals surface area contributed by atoms with Crippen LogP contribution < -0.4 is 0 Å². The highest BCUT2D eigenvalue weighted by Gasteiger charge is 2.14. The molecular formula is C8H4NOS-. The van der Waals surface area contributed by atoms with Gasteiger partial charge in [-0.25, -0.2) is 4.99 Å². The monoisotopic (exact) mass is 162 g/mol. The zero-order chi connectivity index (χ0) is 7.84. The van der Waals surface area contributed by atoms with E-state index >= 15 is 0 Å². The number of amides is 1. The average molecular weight is 162 g/mol. The number of carbonyl (C=O) groups excluding carboxylic acids is 1. The summed E-state index contributed by atoms with van der Waals surface area (Å²) in [6.45, 7) is 0. The van der Waals surface area contributed by atoms with Crippen molar-refractivity contribution >= 4 is 23.6 Å². The predicted molar refractivity (Wildman–Crippen MR) is 44.7 cm³/mol. The number of carbonyl (C=O) groups is 1. The van der Waals surface area contributed by atoms with E-state index in [0.29, 0.717) is 10.6 Å². The Bertz CT molecular complexity index is 357. The quantitative estimate of drug-likeness (QED) is 0.535. The lowest BCUT2D eigenvalue weighted by Crippen LogP contribution is -1.92. The molecule has 2 rings (SSSR count). The summed E-state index contributed by atoms with van der Waals surface area (Å²) in [5.41, 5.74) is 1.41. The first kappa shape index (κ1) is 6.49. The molecule has 0 radical (unpaired) electrons. The Morgan fingerprint density at radius 3 is 2.45 bits per heavy atom. The predicted octanol–water partition coefficient (Wildman–Crippen LogP) is 1.13. The molecule has 0 bridgehead atoms. The smallest absolute Gasteiger partial charge is 0.276 e. The van der Waals surface area contributed by atoms with Gasteiger partial charge in [0.2, 0.25) is 0 Å². The van der Waals surface area contributed by atoms with Crippen LogP contribution in [-0.2, 0) is 12.6 Å². The van der Waals surface area contributed by atoms with E-state index in [2.05, 4.69) is 4.99 Å². The molecule has 1 aliphatic rings. The fourth-order valence-electron chi connectivity index (χ4n) is 1.07. The van der Waals surface area contributed by atoms with Crippen molar-refractivity contribution in [2.45, 2.75) is 0 Å². The second-order valence-corrected chi connectivity index (χ2v) is 2.65. The highest BCUT2D eigenvalue weighted by atomic mass is 32.1. The summed E-state index contributed by atoms with van der Waals surface area (Å²) in [7, 11) is 0. The maximum Gasteiger partial charge on any atom is 0.276 e.